The summed E-state index contributed by atoms with van der Waals surface area (Å²) in [6, 6.07) is 9.26. The normalized spacial score (nSPS) is 13.1. The van der Waals surface area contributed by atoms with Gasteiger partial charge in [-0.15, -0.1) is 0 Å². The van der Waals surface area contributed by atoms with Crippen LogP contribution in [-0.2, 0) is 14.3 Å². The Bertz CT molecular complexity index is 393. The maximum Gasteiger partial charge on any atom is 0.267 e. The van der Waals surface area contributed by atoms with Crippen molar-refractivity contribution in [3.05, 3.63) is 35.9 Å². The lowest BCUT2D eigenvalue weighted by Gasteiger charge is -2.24. The van der Waals surface area contributed by atoms with Gasteiger partial charge in [-0.25, -0.2) is 5.84 Å². The summed E-state index contributed by atoms with van der Waals surface area (Å²) in [5, 5.41) is 0. The lowest BCUT2D eigenvalue weighted by atomic mass is 10.1. The van der Waals surface area contributed by atoms with Crippen molar-refractivity contribution < 1.29 is 14.3 Å². The topological polar surface area (TPSA) is 73.6 Å². The second-order valence-corrected chi connectivity index (χ2v) is 4.88. The Hall–Kier alpha value is -1.43. The summed E-state index contributed by atoms with van der Waals surface area (Å²) >= 11 is 0. The van der Waals surface area contributed by atoms with E-state index < -0.39 is 6.10 Å². The Labute approximate surface area is 114 Å². The number of nitrogens with one attached hydrogen (secondary N) is 1. The minimum atomic E-state index is -0.696. The molecule has 0 aromatic heterocycles. The van der Waals surface area contributed by atoms with Gasteiger partial charge < -0.3 is 9.47 Å². The van der Waals surface area contributed by atoms with Gasteiger partial charge in [0.15, 0.2) is 6.10 Å². The second-order valence-electron chi connectivity index (χ2n) is 4.88. The molecule has 0 fully saturated rings. The van der Waals surface area contributed by atoms with E-state index in [0.29, 0.717) is 13.0 Å². The van der Waals surface area contributed by atoms with Crippen LogP contribution in [0.2, 0.25) is 0 Å². The number of nitrogens with two attached hydrogens (primary N) is 1. The molecule has 0 saturated carbocycles. The first-order valence-electron chi connectivity index (χ1n) is 6.22. The molecule has 106 valence electrons. The Kier molecular flexibility index (Phi) is 5.95. The molecule has 1 atom stereocenters. The summed E-state index contributed by atoms with van der Waals surface area (Å²) in [4.78, 5) is 11.7. The van der Waals surface area contributed by atoms with Crippen molar-refractivity contribution in [1.29, 1.82) is 0 Å². The average Bonchev–Trinajstić information content (AvgIpc) is 2.44. The zero-order chi connectivity index (χ0) is 14.3. The van der Waals surface area contributed by atoms with Crippen molar-refractivity contribution in [2.75, 3.05) is 13.7 Å². The maximum atomic E-state index is 11.7. The van der Waals surface area contributed by atoms with Crippen molar-refractivity contribution in [3.63, 3.8) is 0 Å². The highest BCUT2D eigenvalue weighted by Gasteiger charge is 2.22. The summed E-state index contributed by atoms with van der Waals surface area (Å²) in [6.45, 7) is 4.35. The van der Waals surface area contributed by atoms with Gasteiger partial charge in [0, 0.05) is 7.11 Å². The minimum Gasteiger partial charge on any atom is -0.379 e. The Morgan fingerprint density at radius 3 is 2.53 bits per heavy atom. The summed E-state index contributed by atoms with van der Waals surface area (Å²) in [5.74, 6) is 4.83. The lowest BCUT2D eigenvalue weighted by molar-refractivity contribution is -0.134. The molecule has 0 spiro atoms. The van der Waals surface area contributed by atoms with Gasteiger partial charge in [0.1, 0.15) is 0 Å². The number of hydrazine groups is 1. The number of carbonyl (C=O) groups is 1. The molecule has 1 rings (SSSR count). The molecule has 5 heteroatoms. The summed E-state index contributed by atoms with van der Waals surface area (Å²) in [6.07, 6.45) is -0.0103. The molecule has 0 heterocycles. The fraction of sp³-hybridized carbons (Fsp3) is 0.500. The molecular formula is C14H22N2O3. The molecule has 0 bridgehead atoms. The van der Waals surface area contributed by atoms with Crippen molar-refractivity contribution >= 4 is 5.91 Å². The molecule has 19 heavy (non-hydrogen) atoms. The summed E-state index contributed by atoms with van der Waals surface area (Å²) in [5.41, 5.74) is 2.63. The van der Waals surface area contributed by atoms with Crippen LogP contribution in [0, 0.1) is 0 Å². The SMILES string of the molecule is COC(C)(C)CCOC(C(=O)NN)c1ccccc1. The van der Waals surface area contributed by atoms with Crippen LogP contribution >= 0.6 is 0 Å². The van der Waals surface area contributed by atoms with E-state index in [4.69, 9.17) is 15.3 Å². The van der Waals surface area contributed by atoms with E-state index >= 15 is 0 Å². The number of ether oxygens (including phenoxy) is 2. The molecule has 1 aromatic rings. The third-order valence-electron chi connectivity index (χ3n) is 3.02. The quantitative estimate of drug-likeness (QED) is 0.446. The fourth-order valence-corrected chi connectivity index (χ4v) is 1.55. The van der Waals surface area contributed by atoms with Crippen molar-refractivity contribution in [2.45, 2.75) is 32.0 Å². The van der Waals surface area contributed by atoms with E-state index in [1.54, 1.807) is 7.11 Å². The first kappa shape index (κ1) is 15.6. The largest absolute Gasteiger partial charge is 0.379 e. The molecule has 0 saturated heterocycles. The Balaban J connectivity index is 2.65. The molecule has 1 aromatic carbocycles. The molecule has 1 unspecified atom stereocenters. The predicted molar refractivity (Wildman–Crippen MR) is 73.2 cm³/mol. The summed E-state index contributed by atoms with van der Waals surface area (Å²) in [7, 11) is 1.65. The van der Waals surface area contributed by atoms with E-state index in [0.717, 1.165) is 5.56 Å². The number of benzene rings is 1. The Morgan fingerprint density at radius 2 is 2.00 bits per heavy atom. The molecule has 0 aliphatic rings. The van der Waals surface area contributed by atoms with Crippen LogP contribution in [0.5, 0.6) is 0 Å². The average molecular weight is 266 g/mol. The third kappa shape index (κ3) is 4.98. The van der Waals surface area contributed by atoms with Gasteiger partial charge >= 0.3 is 0 Å². The second kappa shape index (κ2) is 7.23. The number of amides is 1. The van der Waals surface area contributed by atoms with Gasteiger partial charge in [-0.3, -0.25) is 10.2 Å². The number of hydrogen-bond donors (Lipinski definition) is 2. The van der Waals surface area contributed by atoms with Gasteiger partial charge in [0.05, 0.1) is 12.2 Å². The van der Waals surface area contributed by atoms with Crippen molar-refractivity contribution in [2.24, 2.45) is 5.84 Å². The van der Waals surface area contributed by atoms with E-state index in [9.17, 15) is 4.79 Å². The first-order chi connectivity index (χ1) is 9.00. The number of hydrogen-bond acceptors (Lipinski definition) is 4. The van der Waals surface area contributed by atoms with Crippen molar-refractivity contribution in [3.8, 4) is 0 Å². The summed E-state index contributed by atoms with van der Waals surface area (Å²) < 4.78 is 11.0. The van der Waals surface area contributed by atoms with Crippen LogP contribution in [0.4, 0.5) is 0 Å². The van der Waals surface area contributed by atoms with Gasteiger partial charge in [-0.2, -0.15) is 0 Å². The lowest BCUT2D eigenvalue weighted by Crippen LogP contribution is -2.36. The number of rotatable bonds is 7. The van der Waals surface area contributed by atoms with Crippen LogP contribution in [0.1, 0.15) is 31.9 Å². The first-order valence-corrected chi connectivity index (χ1v) is 6.22. The molecule has 3 N–H and O–H groups in total. The smallest absolute Gasteiger partial charge is 0.267 e. The van der Waals surface area contributed by atoms with E-state index in [2.05, 4.69) is 5.43 Å². The third-order valence-corrected chi connectivity index (χ3v) is 3.02. The highest BCUT2D eigenvalue weighted by atomic mass is 16.5. The molecule has 0 aliphatic carbocycles. The molecule has 0 aliphatic heterocycles. The van der Waals surface area contributed by atoms with Gasteiger partial charge in [-0.05, 0) is 25.8 Å². The van der Waals surface area contributed by atoms with Gasteiger partial charge in [0.25, 0.3) is 5.91 Å². The monoisotopic (exact) mass is 266 g/mol. The van der Waals surface area contributed by atoms with Crippen LogP contribution in [-0.4, -0.2) is 25.2 Å². The minimum absolute atomic E-state index is 0.277. The highest BCUT2D eigenvalue weighted by molar-refractivity contribution is 5.81. The Morgan fingerprint density at radius 1 is 1.37 bits per heavy atom. The highest BCUT2D eigenvalue weighted by Crippen LogP contribution is 2.20. The molecule has 5 nitrogen and oxygen atoms in total. The van der Waals surface area contributed by atoms with Crippen LogP contribution in [0.15, 0.2) is 30.3 Å². The van der Waals surface area contributed by atoms with Crippen LogP contribution < -0.4 is 11.3 Å². The molecule has 1 amide bonds. The fourth-order valence-electron chi connectivity index (χ4n) is 1.55. The van der Waals surface area contributed by atoms with Gasteiger partial charge in [-0.1, -0.05) is 30.3 Å². The van der Waals surface area contributed by atoms with E-state index in [1.165, 1.54) is 0 Å². The maximum absolute atomic E-state index is 11.7. The molecular weight excluding hydrogens is 244 g/mol. The van der Waals surface area contributed by atoms with E-state index in [1.807, 2.05) is 44.2 Å². The molecule has 0 radical (unpaired) electrons. The standard InChI is InChI=1S/C14H22N2O3/c1-14(2,18-3)9-10-19-12(13(17)16-15)11-7-5-4-6-8-11/h4-8,12H,9-10,15H2,1-3H3,(H,16,17). The van der Waals surface area contributed by atoms with Crippen molar-refractivity contribution in [1.82, 2.24) is 5.43 Å². The van der Waals surface area contributed by atoms with Crippen LogP contribution in [0.3, 0.4) is 0 Å². The van der Waals surface area contributed by atoms with Gasteiger partial charge in [0.2, 0.25) is 0 Å². The number of methoxy groups -OCH3 is 1. The predicted octanol–water partition coefficient (Wildman–Crippen LogP) is 1.55. The zero-order valence-corrected chi connectivity index (χ0v) is 11.7. The van der Waals surface area contributed by atoms with Crippen LogP contribution in [0.25, 0.3) is 0 Å². The number of carbonyl (C=O) groups excluding carboxylic acids is 1. The van der Waals surface area contributed by atoms with E-state index in [-0.39, 0.29) is 11.5 Å². The zero-order valence-electron chi connectivity index (χ0n) is 11.7.